The second-order valence-electron chi connectivity index (χ2n) is 7.81. The van der Waals surface area contributed by atoms with Gasteiger partial charge in [0.2, 0.25) is 5.78 Å². The number of thiophene rings is 1. The Labute approximate surface area is 190 Å². The Balaban J connectivity index is 1.45. The van der Waals surface area contributed by atoms with E-state index in [-0.39, 0.29) is 24.3 Å². The van der Waals surface area contributed by atoms with Gasteiger partial charge in [-0.1, -0.05) is 0 Å². The van der Waals surface area contributed by atoms with Crippen LogP contribution in [-0.4, -0.2) is 46.6 Å². The predicted molar refractivity (Wildman–Crippen MR) is 120 cm³/mol. The zero-order valence-corrected chi connectivity index (χ0v) is 19.1. The molecule has 0 amide bonds. The van der Waals surface area contributed by atoms with Crippen molar-refractivity contribution in [3.05, 3.63) is 57.9 Å². The van der Waals surface area contributed by atoms with Gasteiger partial charge in [-0.3, -0.25) is 13.7 Å². The largest absolute Gasteiger partial charge is 0.367 e. The number of hydrogen-bond donors (Lipinski definition) is 2. The molecule has 0 radical (unpaired) electrons. The van der Waals surface area contributed by atoms with E-state index in [0.29, 0.717) is 29.2 Å². The molecule has 3 aromatic rings. The average molecular weight is 477 g/mol. The topological polar surface area (TPSA) is 142 Å². The molecule has 3 heterocycles. The summed E-state index contributed by atoms with van der Waals surface area (Å²) in [4.78, 5) is 23.3. The number of aryl methyl sites for hydroxylation is 1. The number of anilines is 1. The lowest BCUT2D eigenvalue weighted by molar-refractivity contribution is 0.104. The molecule has 0 aliphatic heterocycles. The van der Waals surface area contributed by atoms with Crippen molar-refractivity contribution in [2.45, 2.75) is 38.8 Å². The fourth-order valence-corrected chi connectivity index (χ4v) is 5.21. The van der Waals surface area contributed by atoms with Gasteiger partial charge in [0.1, 0.15) is 12.1 Å². The van der Waals surface area contributed by atoms with Crippen molar-refractivity contribution in [1.82, 2.24) is 19.7 Å². The highest BCUT2D eigenvalue weighted by Crippen LogP contribution is 2.30. The molecule has 0 aromatic carbocycles. The van der Waals surface area contributed by atoms with E-state index in [4.69, 9.17) is 9.32 Å². The molecule has 2 atom stereocenters. The number of hydrogen-bond acceptors (Lipinski definition) is 9. The van der Waals surface area contributed by atoms with Crippen LogP contribution in [0.25, 0.3) is 0 Å². The maximum Gasteiger partial charge on any atom is 0.333 e. The van der Waals surface area contributed by atoms with Gasteiger partial charge in [0.25, 0.3) is 0 Å². The highest BCUT2D eigenvalue weighted by Gasteiger charge is 2.28. The first-order chi connectivity index (χ1) is 15.3. The zero-order chi connectivity index (χ0) is 22.7. The van der Waals surface area contributed by atoms with E-state index in [1.54, 1.807) is 6.20 Å². The van der Waals surface area contributed by atoms with Crippen LogP contribution in [0.5, 0.6) is 0 Å². The molecule has 170 valence electrons. The number of rotatable bonds is 9. The first-order valence-electron chi connectivity index (χ1n) is 10.1. The molecular formula is C20H24N6O4S2. The first-order valence-corrected chi connectivity index (χ1v) is 12.4. The summed E-state index contributed by atoms with van der Waals surface area (Å²) in [5.41, 5.74) is 1.45. The summed E-state index contributed by atoms with van der Waals surface area (Å²) in [7, 11) is -3.94. The van der Waals surface area contributed by atoms with E-state index < -0.39 is 10.3 Å². The van der Waals surface area contributed by atoms with Gasteiger partial charge in [0.05, 0.1) is 23.6 Å². The van der Waals surface area contributed by atoms with E-state index in [1.807, 2.05) is 29.9 Å². The van der Waals surface area contributed by atoms with E-state index in [0.717, 1.165) is 23.3 Å². The monoisotopic (exact) mass is 476 g/mol. The average Bonchev–Trinajstić information content (AvgIpc) is 3.49. The molecule has 1 fully saturated rings. The Bertz CT molecular complexity index is 1190. The second-order valence-corrected chi connectivity index (χ2v) is 10.3. The minimum absolute atomic E-state index is 0.0472. The van der Waals surface area contributed by atoms with Crippen molar-refractivity contribution in [3.63, 3.8) is 0 Å². The summed E-state index contributed by atoms with van der Waals surface area (Å²) in [6.07, 6.45) is 8.83. The third-order valence-electron chi connectivity index (χ3n) is 5.44. The summed E-state index contributed by atoms with van der Waals surface area (Å²) in [5, 5.41) is 12.5. The molecule has 0 spiro atoms. The van der Waals surface area contributed by atoms with E-state index in [2.05, 4.69) is 20.4 Å². The van der Waals surface area contributed by atoms with Crippen LogP contribution in [0.1, 0.15) is 44.9 Å². The van der Waals surface area contributed by atoms with Gasteiger partial charge >= 0.3 is 10.3 Å². The molecule has 32 heavy (non-hydrogen) atoms. The maximum absolute atomic E-state index is 13.3. The van der Waals surface area contributed by atoms with E-state index in [1.165, 1.54) is 23.9 Å². The third kappa shape index (κ3) is 5.57. The second kappa shape index (κ2) is 9.45. The fraction of sp³-hybridized carbons (Fsp3) is 0.400. The molecule has 4 rings (SSSR count). The molecule has 12 heteroatoms. The van der Waals surface area contributed by atoms with Gasteiger partial charge < -0.3 is 5.32 Å². The number of carbonyl (C=O) groups is 1. The fourth-order valence-electron chi connectivity index (χ4n) is 3.84. The molecule has 3 N–H and O–H groups in total. The van der Waals surface area contributed by atoms with Crippen LogP contribution >= 0.6 is 11.3 Å². The molecule has 3 aromatic heterocycles. The molecule has 1 saturated carbocycles. The lowest BCUT2D eigenvalue weighted by Gasteiger charge is -2.15. The summed E-state index contributed by atoms with van der Waals surface area (Å²) < 4.78 is 28.6. The highest BCUT2D eigenvalue weighted by molar-refractivity contribution is 7.84. The van der Waals surface area contributed by atoms with Crippen LogP contribution in [0.4, 0.5) is 5.82 Å². The lowest BCUT2D eigenvalue weighted by Crippen LogP contribution is -2.22. The van der Waals surface area contributed by atoms with Gasteiger partial charge in [0.15, 0.2) is 0 Å². The summed E-state index contributed by atoms with van der Waals surface area (Å²) in [6.45, 7) is 2.65. The van der Waals surface area contributed by atoms with Crippen LogP contribution in [-0.2, 0) is 21.0 Å². The number of nitrogens with one attached hydrogen (secondary N) is 1. The maximum atomic E-state index is 13.3. The Hall–Kier alpha value is -2.67. The SMILES string of the molecule is Cc1sc(C(=O)c2cncnc2N[C@H]2CC[C@@H](COS(N)(=O)=O)C2)cc1Cn1cccn1. The van der Waals surface area contributed by atoms with Crippen LogP contribution in [0.3, 0.4) is 0 Å². The molecule has 0 saturated heterocycles. The summed E-state index contributed by atoms with van der Waals surface area (Å²) in [6, 6.07) is 3.81. The molecule has 1 aliphatic rings. The van der Waals surface area contributed by atoms with Gasteiger partial charge in [0, 0.05) is 29.5 Å². The quantitative estimate of drug-likeness (QED) is 0.447. The molecule has 10 nitrogen and oxygen atoms in total. The van der Waals surface area contributed by atoms with E-state index >= 15 is 0 Å². The highest BCUT2D eigenvalue weighted by atomic mass is 32.2. The Morgan fingerprint density at radius 2 is 2.25 bits per heavy atom. The van der Waals surface area contributed by atoms with Gasteiger partial charge in [-0.25, -0.2) is 15.1 Å². The number of nitrogens with two attached hydrogens (primary N) is 1. The number of carbonyl (C=O) groups excluding carboxylic acids is 1. The summed E-state index contributed by atoms with van der Waals surface area (Å²) >= 11 is 1.44. The zero-order valence-electron chi connectivity index (χ0n) is 17.5. The van der Waals surface area contributed by atoms with Crippen molar-refractivity contribution in [3.8, 4) is 0 Å². The van der Waals surface area contributed by atoms with Crippen molar-refractivity contribution in [1.29, 1.82) is 0 Å². The number of nitrogens with zero attached hydrogens (tertiary/aromatic N) is 4. The Morgan fingerprint density at radius 1 is 1.41 bits per heavy atom. The van der Waals surface area contributed by atoms with Crippen molar-refractivity contribution in [2.75, 3.05) is 11.9 Å². The minimum Gasteiger partial charge on any atom is -0.367 e. The predicted octanol–water partition coefficient (Wildman–Crippen LogP) is 2.12. The lowest BCUT2D eigenvalue weighted by atomic mass is 10.1. The molecule has 1 aliphatic carbocycles. The van der Waals surface area contributed by atoms with Crippen LogP contribution in [0, 0.1) is 12.8 Å². The smallest absolute Gasteiger partial charge is 0.333 e. The van der Waals surface area contributed by atoms with Crippen LogP contribution in [0.15, 0.2) is 37.1 Å². The molecular weight excluding hydrogens is 452 g/mol. The minimum atomic E-state index is -3.94. The first kappa shape index (κ1) is 22.5. The third-order valence-corrected chi connectivity index (χ3v) is 7.00. The van der Waals surface area contributed by atoms with Crippen LogP contribution in [0.2, 0.25) is 0 Å². The Morgan fingerprint density at radius 3 is 3.00 bits per heavy atom. The Kier molecular flexibility index (Phi) is 6.65. The van der Waals surface area contributed by atoms with Crippen molar-refractivity contribution < 1.29 is 17.4 Å². The summed E-state index contributed by atoms with van der Waals surface area (Å²) in [5.74, 6) is 0.402. The van der Waals surface area contributed by atoms with Crippen LogP contribution < -0.4 is 10.5 Å². The van der Waals surface area contributed by atoms with E-state index in [9.17, 15) is 13.2 Å². The molecule has 0 bridgehead atoms. The van der Waals surface area contributed by atoms with Gasteiger partial charge in [-0.15, -0.1) is 11.3 Å². The molecule has 0 unspecified atom stereocenters. The van der Waals surface area contributed by atoms with Gasteiger partial charge in [-0.05, 0) is 49.8 Å². The van der Waals surface area contributed by atoms with Crippen molar-refractivity contribution in [2.24, 2.45) is 11.1 Å². The number of aromatic nitrogens is 4. The standard InChI is InChI=1S/C20H24N6O4S2/c1-13-15(10-26-6-2-5-24-26)8-18(31-13)19(27)17-9-22-12-23-20(17)25-16-4-3-14(7-16)11-30-32(21,28)29/h2,5-6,8-9,12,14,16H,3-4,7,10-11H2,1H3,(H2,21,28,29)(H,22,23,25)/t14-,16+/m1/s1. The number of ketones is 1. The van der Waals surface area contributed by atoms with Crippen molar-refractivity contribution >= 4 is 33.2 Å². The van der Waals surface area contributed by atoms with Gasteiger partial charge in [-0.2, -0.15) is 13.5 Å². The normalized spacial score (nSPS) is 18.7.